The molecule has 2 rings (SSSR count). The molecule has 1 heterocycles. The van der Waals surface area contributed by atoms with Crippen molar-refractivity contribution in [2.24, 2.45) is 0 Å². The third kappa shape index (κ3) is 5.15. The number of halogens is 1. The number of rotatable bonds is 7. The molecule has 0 fully saturated rings. The van der Waals surface area contributed by atoms with Crippen molar-refractivity contribution in [2.45, 2.75) is 26.2 Å². The first-order valence-electron chi connectivity index (χ1n) is 7.46. The molecule has 0 saturated carbocycles. The van der Waals surface area contributed by atoms with Crippen LogP contribution in [-0.4, -0.2) is 17.4 Å². The van der Waals surface area contributed by atoms with Crippen LogP contribution in [0.15, 0.2) is 47.1 Å². The van der Waals surface area contributed by atoms with E-state index in [0.717, 1.165) is 28.8 Å². The lowest BCUT2D eigenvalue weighted by Crippen LogP contribution is -2.13. The Bertz CT molecular complexity index is 596. The van der Waals surface area contributed by atoms with Gasteiger partial charge in [0.1, 0.15) is 5.69 Å². The van der Waals surface area contributed by atoms with Crippen LogP contribution in [-0.2, 0) is 0 Å². The summed E-state index contributed by atoms with van der Waals surface area (Å²) >= 11 is 3.36. The molecule has 0 aliphatic carbocycles. The number of unbranched alkanes of at least 4 members (excludes halogenated alkanes) is 2. The number of amides is 1. The van der Waals surface area contributed by atoms with Crippen molar-refractivity contribution in [3.05, 3.63) is 52.8 Å². The second kappa shape index (κ2) is 8.54. The van der Waals surface area contributed by atoms with Gasteiger partial charge < -0.3 is 10.6 Å². The summed E-state index contributed by atoms with van der Waals surface area (Å²) in [6, 6.07) is 11.1. The molecule has 1 aromatic carbocycles. The molecule has 1 amide bonds. The highest BCUT2D eigenvalue weighted by molar-refractivity contribution is 9.10. The van der Waals surface area contributed by atoms with E-state index in [9.17, 15) is 4.79 Å². The van der Waals surface area contributed by atoms with Crippen LogP contribution < -0.4 is 10.6 Å². The Labute approximate surface area is 139 Å². The molecule has 116 valence electrons. The molecule has 2 aromatic rings. The minimum absolute atomic E-state index is 0.208. The normalized spacial score (nSPS) is 10.3. The van der Waals surface area contributed by atoms with Crippen LogP contribution in [0.25, 0.3) is 0 Å². The van der Waals surface area contributed by atoms with Gasteiger partial charge in [-0.05, 0) is 42.8 Å². The maximum atomic E-state index is 12.1. The Hall–Kier alpha value is -1.88. The summed E-state index contributed by atoms with van der Waals surface area (Å²) in [4.78, 5) is 16.3. The third-order valence-electron chi connectivity index (χ3n) is 3.21. The zero-order chi connectivity index (χ0) is 15.8. The molecule has 0 spiro atoms. The van der Waals surface area contributed by atoms with Gasteiger partial charge in [0.15, 0.2) is 0 Å². The van der Waals surface area contributed by atoms with Gasteiger partial charge in [0, 0.05) is 16.7 Å². The number of benzene rings is 1. The number of aromatic nitrogens is 1. The Balaban J connectivity index is 1.89. The van der Waals surface area contributed by atoms with E-state index < -0.39 is 0 Å². The highest BCUT2D eigenvalue weighted by Gasteiger charge is 2.07. The van der Waals surface area contributed by atoms with Gasteiger partial charge in [-0.2, -0.15) is 0 Å². The summed E-state index contributed by atoms with van der Waals surface area (Å²) in [5.41, 5.74) is 2.09. The van der Waals surface area contributed by atoms with E-state index in [2.05, 4.69) is 38.5 Å². The first-order valence-corrected chi connectivity index (χ1v) is 8.25. The largest absolute Gasteiger partial charge is 0.384 e. The maximum absolute atomic E-state index is 12.1. The lowest BCUT2D eigenvalue weighted by Gasteiger charge is -2.07. The smallest absolute Gasteiger partial charge is 0.274 e. The van der Waals surface area contributed by atoms with E-state index >= 15 is 0 Å². The van der Waals surface area contributed by atoms with Crippen molar-refractivity contribution in [2.75, 3.05) is 17.2 Å². The standard InChI is InChI=1S/C17H20BrN3O/c1-2-3-4-11-19-15-9-10-16(20-12-15)17(22)21-14-7-5-13(18)6-8-14/h5-10,12,19H,2-4,11H2,1H3,(H,21,22). The fourth-order valence-corrected chi connectivity index (χ4v) is 2.23. The van der Waals surface area contributed by atoms with E-state index in [0.29, 0.717) is 5.69 Å². The Morgan fingerprint density at radius 3 is 2.45 bits per heavy atom. The number of hydrogen-bond donors (Lipinski definition) is 2. The number of hydrogen-bond acceptors (Lipinski definition) is 3. The SMILES string of the molecule is CCCCCNc1ccc(C(=O)Nc2ccc(Br)cc2)nc1. The van der Waals surface area contributed by atoms with Crippen molar-refractivity contribution in [1.82, 2.24) is 4.98 Å². The molecule has 0 aliphatic heterocycles. The molecule has 0 saturated heterocycles. The summed E-state index contributed by atoms with van der Waals surface area (Å²) in [5, 5.41) is 6.12. The van der Waals surface area contributed by atoms with E-state index in [1.807, 2.05) is 30.3 Å². The molecule has 1 aromatic heterocycles. The number of pyridine rings is 1. The first kappa shape index (κ1) is 16.5. The van der Waals surface area contributed by atoms with Crippen LogP contribution in [0.1, 0.15) is 36.7 Å². The van der Waals surface area contributed by atoms with Gasteiger partial charge in [-0.15, -0.1) is 0 Å². The van der Waals surface area contributed by atoms with E-state index in [1.165, 1.54) is 12.8 Å². The van der Waals surface area contributed by atoms with Crippen LogP contribution >= 0.6 is 15.9 Å². The van der Waals surface area contributed by atoms with Gasteiger partial charge in [0.25, 0.3) is 5.91 Å². The summed E-state index contributed by atoms with van der Waals surface area (Å²) in [6.07, 6.45) is 5.26. The third-order valence-corrected chi connectivity index (χ3v) is 3.74. The second-order valence-electron chi connectivity index (χ2n) is 5.03. The Morgan fingerprint density at radius 2 is 1.82 bits per heavy atom. The molecule has 0 aliphatic rings. The average Bonchev–Trinajstić information content (AvgIpc) is 2.54. The molecule has 0 unspecified atom stereocenters. The van der Waals surface area contributed by atoms with Gasteiger partial charge in [-0.25, -0.2) is 4.98 Å². The van der Waals surface area contributed by atoms with Crippen molar-refractivity contribution in [1.29, 1.82) is 0 Å². The second-order valence-corrected chi connectivity index (χ2v) is 5.94. The van der Waals surface area contributed by atoms with Crippen molar-refractivity contribution >= 4 is 33.2 Å². The minimum Gasteiger partial charge on any atom is -0.384 e. The topological polar surface area (TPSA) is 54.0 Å². The summed E-state index contributed by atoms with van der Waals surface area (Å²) in [5.74, 6) is -0.208. The molecule has 0 bridgehead atoms. The molecular weight excluding hydrogens is 342 g/mol. The van der Waals surface area contributed by atoms with Crippen LogP contribution in [0.2, 0.25) is 0 Å². The fraction of sp³-hybridized carbons (Fsp3) is 0.294. The summed E-state index contributed by atoms with van der Waals surface area (Å²) in [7, 11) is 0. The summed E-state index contributed by atoms with van der Waals surface area (Å²) in [6.45, 7) is 3.11. The monoisotopic (exact) mass is 361 g/mol. The minimum atomic E-state index is -0.208. The molecule has 0 radical (unpaired) electrons. The van der Waals surface area contributed by atoms with Crippen LogP contribution in [0.3, 0.4) is 0 Å². The van der Waals surface area contributed by atoms with Gasteiger partial charge in [-0.1, -0.05) is 35.7 Å². The predicted molar refractivity (Wildman–Crippen MR) is 94.3 cm³/mol. The number of carbonyl (C=O) groups excluding carboxylic acids is 1. The lowest BCUT2D eigenvalue weighted by molar-refractivity contribution is 0.102. The van der Waals surface area contributed by atoms with Crippen LogP contribution in [0.5, 0.6) is 0 Å². The highest BCUT2D eigenvalue weighted by Crippen LogP contribution is 2.15. The van der Waals surface area contributed by atoms with Gasteiger partial charge in [0.2, 0.25) is 0 Å². The number of nitrogens with zero attached hydrogens (tertiary/aromatic N) is 1. The lowest BCUT2D eigenvalue weighted by atomic mass is 10.2. The predicted octanol–water partition coefficient (Wildman–Crippen LogP) is 4.70. The van der Waals surface area contributed by atoms with E-state index in [-0.39, 0.29) is 5.91 Å². The molecule has 4 nitrogen and oxygen atoms in total. The van der Waals surface area contributed by atoms with E-state index in [4.69, 9.17) is 0 Å². The zero-order valence-electron chi connectivity index (χ0n) is 12.6. The van der Waals surface area contributed by atoms with Gasteiger partial charge in [-0.3, -0.25) is 4.79 Å². The number of nitrogens with one attached hydrogen (secondary N) is 2. The fourth-order valence-electron chi connectivity index (χ4n) is 1.97. The molecule has 5 heteroatoms. The number of carbonyl (C=O) groups is 1. The zero-order valence-corrected chi connectivity index (χ0v) is 14.2. The average molecular weight is 362 g/mol. The van der Waals surface area contributed by atoms with Crippen molar-refractivity contribution < 1.29 is 4.79 Å². The van der Waals surface area contributed by atoms with Gasteiger partial charge in [0.05, 0.1) is 11.9 Å². The number of anilines is 2. The highest BCUT2D eigenvalue weighted by atomic mass is 79.9. The van der Waals surface area contributed by atoms with Crippen molar-refractivity contribution in [3.8, 4) is 0 Å². The quantitative estimate of drug-likeness (QED) is 0.702. The molecule has 2 N–H and O–H groups in total. The maximum Gasteiger partial charge on any atom is 0.274 e. The molecule has 22 heavy (non-hydrogen) atoms. The van der Waals surface area contributed by atoms with Gasteiger partial charge >= 0.3 is 0 Å². The first-order chi connectivity index (χ1) is 10.7. The summed E-state index contributed by atoms with van der Waals surface area (Å²) < 4.78 is 0.974. The van der Waals surface area contributed by atoms with Crippen molar-refractivity contribution in [3.63, 3.8) is 0 Å². The van der Waals surface area contributed by atoms with E-state index in [1.54, 1.807) is 12.3 Å². The van der Waals surface area contributed by atoms with Crippen LogP contribution in [0, 0.1) is 0 Å². The molecular formula is C17H20BrN3O. The Morgan fingerprint density at radius 1 is 1.09 bits per heavy atom. The Kier molecular flexibility index (Phi) is 6.40. The molecule has 0 atom stereocenters. The van der Waals surface area contributed by atoms with Crippen LogP contribution in [0.4, 0.5) is 11.4 Å².